The molecule has 0 atom stereocenters. The van der Waals surface area contributed by atoms with E-state index in [0.717, 1.165) is 6.07 Å². The number of likely N-dealkylation sites (tertiary alicyclic amines) is 1. The van der Waals surface area contributed by atoms with Gasteiger partial charge in [-0.25, -0.2) is 4.79 Å². The van der Waals surface area contributed by atoms with Crippen LogP contribution in [0.3, 0.4) is 0 Å². The molecule has 2 saturated heterocycles. The molecule has 3 heterocycles. The normalized spacial score (nSPS) is 18.2. The quantitative estimate of drug-likeness (QED) is 0.706. The van der Waals surface area contributed by atoms with Gasteiger partial charge in [0, 0.05) is 23.2 Å². The fraction of sp³-hybridized carbons (Fsp3) is 0.375. The molecular weight excluding hydrogens is 447 g/mol. The second-order valence-electron chi connectivity index (χ2n) is 6.61. The van der Waals surface area contributed by atoms with E-state index in [2.05, 4.69) is 10.1 Å². The lowest BCUT2D eigenvalue weighted by atomic mass is 9.91. The predicted octanol–water partition coefficient (Wildman–Crippen LogP) is 4.11. The Labute approximate surface area is 168 Å². The standard InChI is InChI=1S/C16H10ClF5N2O4S/c17-10-9-7(16(20,21)22)1-6(28-13(18)19)2-8(9)29-11(10)12(25)24-3-15(4-24)5-27-14(26)23-15/h1-2,13H,3-5H2,(H,23,26). The lowest BCUT2D eigenvalue weighted by Gasteiger charge is -2.45. The van der Waals surface area contributed by atoms with E-state index in [1.54, 1.807) is 0 Å². The summed E-state index contributed by atoms with van der Waals surface area (Å²) in [4.78, 5) is 25.0. The van der Waals surface area contributed by atoms with E-state index >= 15 is 0 Å². The number of carbonyl (C=O) groups is 2. The monoisotopic (exact) mass is 456 g/mol. The molecule has 4 rings (SSSR count). The summed E-state index contributed by atoms with van der Waals surface area (Å²) in [6, 6.07) is 1.40. The van der Waals surface area contributed by atoms with E-state index in [0.29, 0.717) is 17.4 Å². The van der Waals surface area contributed by atoms with Gasteiger partial charge >= 0.3 is 18.9 Å². The molecule has 0 bridgehead atoms. The van der Waals surface area contributed by atoms with Crippen molar-refractivity contribution in [2.24, 2.45) is 0 Å². The summed E-state index contributed by atoms with van der Waals surface area (Å²) in [7, 11) is 0. The van der Waals surface area contributed by atoms with E-state index in [1.165, 1.54) is 4.90 Å². The van der Waals surface area contributed by atoms with Crippen LogP contribution in [0.5, 0.6) is 5.75 Å². The molecule has 13 heteroatoms. The first-order valence-corrected chi connectivity index (χ1v) is 9.21. The topological polar surface area (TPSA) is 67.9 Å². The largest absolute Gasteiger partial charge is 0.447 e. The van der Waals surface area contributed by atoms with Crippen molar-refractivity contribution in [2.75, 3.05) is 19.7 Å². The molecule has 1 N–H and O–H groups in total. The first-order chi connectivity index (χ1) is 13.5. The molecule has 29 heavy (non-hydrogen) atoms. The van der Waals surface area contributed by atoms with Crippen LogP contribution >= 0.6 is 22.9 Å². The molecule has 2 aliphatic rings. The molecule has 2 fully saturated rings. The number of hydrogen-bond acceptors (Lipinski definition) is 5. The number of fused-ring (bicyclic) bond motifs is 1. The first kappa shape index (κ1) is 20.0. The smallest absolute Gasteiger partial charge is 0.417 e. The van der Waals surface area contributed by atoms with Crippen molar-refractivity contribution in [3.05, 3.63) is 27.6 Å². The number of thiophene rings is 1. The maximum Gasteiger partial charge on any atom is 0.417 e. The van der Waals surface area contributed by atoms with Crippen LogP contribution in [0.2, 0.25) is 5.02 Å². The van der Waals surface area contributed by atoms with Crippen molar-refractivity contribution >= 4 is 45.0 Å². The number of cyclic esters (lactones) is 1. The Bertz CT molecular complexity index is 1020. The molecule has 2 aliphatic heterocycles. The minimum absolute atomic E-state index is 0.0717. The highest BCUT2D eigenvalue weighted by atomic mass is 35.5. The molecule has 6 nitrogen and oxygen atoms in total. The molecule has 0 saturated carbocycles. The lowest BCUT2D eigenvalue weighted by Crippen LogP contribution is -2.69. The number of ether oxygens (including phenoxy) is 2. The molecular formula is C16H10ClF5N2O4S. The number of benzene rings is 1. The fourth-order valence-electron chi connectivity index (χ4n) is 3.33. The van der Waals surface area contributed by atoms with Crippen LogP contribution < -0.4 is 10.1 Å². The summed E-state index contributed by atoms with van der Waals surface area (Å²) in [5.41, 5.74) is -1.99. The van der Waals surface area contributed by atoms with Gasteiger partial charge in [-0.2, -0.15) is 22.0 Å². The van der Waals surface area contributed by atoms with Crippen LogP contribution in [-0.4, -0.2) is 48.7 Å². The van der Waals surface area contributed by atoms with Gasteiger partial charge in [-0.3, -0.25) is 4.79 Å². The van der Waals surface area contributed by atoms with E-state index < -0.39 is 52.0 Å². The molecule has 156 valence electrons. The maximum atomic E-state index is 13.5. The number of carbonyl (C=O) groups excluding carboxylic acids is 2. The third-order valence-corrected chi connectivity index (χ3v) is 6.17. The number of nitrogens with zero attached hydrogens (tertiary/aromatic N) is 1. The minimum atomic E-state index is -4.91. The van der Waals surface area contributed by atoms with Crippen molar-refractivity contribution in [1.29, 1.82) is 0 Å². The van der Waals surface area contributed by atoms with Gasteiger partial charge in [0.05, 0.1) is 10.6 Å². The maximum absolute atomic E-state index is 13.5. The predicted molar refractivity (Wildman–Crippen MR) is 91.6 cm³/mol. The second kappa shape index (κ2) is 6.59. The van der Waals surface area contributed by atoms with Crippen LogP contribution in [0.1, 0.15) is 15.2 Å². The second-order valence-corrected chi connectivity index (χ2v) is 8.04. The number of nitrogens with one attached hydrogen (secondary N) is 1. The molecule has 1 aromatic heterocycles. The Hall–Kier alpha value is -2.34. The van der Waals surface area contributed by atoms with E-state index in [1.807, 2.05) is 0 Å². The van der Waals surface area contributed by atoms with Crippen molar-refractivity contribution in [2.45, 2.75) is 18.3 Å². The van der Waals surface area contributed by atoms with E-state index in [4.69, 9.17) is 16.3 Å². The third kappa shape index (κ3) is 3.44. The number of rotatable bonds is 3. The zero-order valence-corrected chi connectivity index (χ0v) is 15.7. The summed E-state index contributed by atoms with van der Waals surface area (Å²) in [6.07, 6.45) is -5.52. The Kier molecular flexibility index (Phi) is 4.53. The Morgan fingerprint density at radius 1 is 1.34 bits per heavy atom. The summed E-state index contributed by atoms with van der Waals surface area (Å²) >= 11 is 6.75. The van der Waals surface area contributed by atoms with Crippen molar-refractivity contribution in [1.82, 2.24) is 10.2 Å². The molecule has 1 aromatic carbocycles. The number of hydrogen-bond donors (Lipinski definition) is 1. The van der Waals surface area contributed by atoms with Crippen LogP contribution in [0.15, 0.2) is 12.1 Å². The Balaban J connectivity index is 1.70. The van der Waals surface area contributed by atoms with Gasteiger partial charge in [-0.05, 0) is 12.1 Å². The van der Waals surface area contributed by atoms with Gasteiger partial charge in [0.2, 0.25) is 0 Å². The lowest BCUT2D eigenvalue weighted by molar-refractivity contribution is -0.136. The van der Waals surface area contributed by atoms with E-state index in [-0.39, 0.29) is 29.3 Å². The molecule has 0 unspecified atom stereocenters. The first-order valence-electron chi connectivity index (χ1n) is 8.01. The highest BCUT2D eigenvalue weighted by molar-refractivity contribution is 7.21. The third-order valence-electron chi connectivity index (χ3n) is 4.55. The van der Waals surface area contributed by atoms with Crippen molar-refractivity contribution in [3.63, 3.8) is 0 Å². The summed E-state index contributed by atoms with van der Waals surface area (Å²) in [5.74, 6) is -1.32. The molecule has 2 amide bonds. The number of amides is 2. The minimum Gasteiger partial charge on any atom is -0.447 e. The average Bonchev–Trinajstić information content (AvgIpc) is 3.12. The Morgan fingerprint density at radius 2 is 2.03 bits per heavy atom. The van der Waals surface area contributed by atoms with Crippen LogP contribution in [0, 0.1) is 0 Å². The van der Waals surface area contributed by atoms with Crippen LogP contribution in [-0.2, 0) is 10.9 Å². The fourth-order valence-corrected chi connectivity index (χ4v) is 4.91. The highest BCUT2D eigenvalue weighted by Gasteiger charge is 2.51. The Morgan fingerprint density at radius 3 is 2.59 bits per heavy atom. The van der Waals surface area contributed by atoms with Crippen molar-refractivity contribution < 1.29 is 41.0 Å². The van der Waals surface area contributed by atoms with Crippen molar-refractivity contribution in [3.8, 4) is 5.75 Å². The molecule has 1 spiro atoms. The summed E-state index contributed by atoms with van der Waals surface area (Å²) < 4.78 is 74.1. The molecule has 0 radical (unpaired) electrons. The zero-order valence-electron chi connectivity index (χ0n) is 14.1. The zero-order chi connectivity index (χ0) is 21.1. The van der Waals surface area contributed by atoms with Gasteiger partial charge in [0.15, 0.2) is 0 Å². The average molecular weight is 457 g/mol. The van der Waals surface area contributed by atoms with Gasteiger partial charge in [0.25, 0.3) is 5.91 Å². The van der Waals surface area contributed by atoms with Crippen LogP contribution in [0.4, 0.5) is 26.7 Å². The van der Waals surface area contributed by atoms with Gasteiger partial charge in [-0.15, -0.1) is 11.3 Å². The van der Waals surface area contributed by atoms with Gasteiger partial charge in [0.1, 0.15) is 22.8 Å². The number of alkyl carbamates (subject to hydrolysis) is 1. The van der Waals surface area contributed by atoms with Gasteiger partial charge < -0.3 is 19.7 Å². The summed E-state index contributed by atoms with van der Waals surface area (Å²) in [5, 5.41) is 1.70. The van der Waals surface area contributed by atoms with Gasteiger partial charge in [-0.1, -0.05) is 11.6 Å². The number of alkyl halides is 5. The molecule has 0 aliphatic carbocycles. The molecule has 2 aromatic rings. The SMILES string of the molecule is O=C1NC2(CO1)CN(C(=O)c1sc3cc(OC(F)F)cc(C(F)(F)F)c3c1Cl)C2. The highest BCUT2D eigenvalue weighted by Crippen LogP contribution is 2.46. The number of halogens is 6. The summed E-state index contributed by atoms with van der Waals surface area (Å²) in [6.45, 7) is -3.03. The van der Waals surface area contributed by atoms with E-state index in [9.17, 15) is 31.5 Å². The van der Waals surface area contributed by atoms with Crippen LogP contribution in [0.25, 0.3) is 10.1 Å².